The van der Waals surface area contributed by atoms with Crippen LogP contribution in [0.15, 0.2) is 48.9 Å². The lowest BCUT2D eigenvalue weighted by molar-refractivity contribution is 0.155. The number of nitrogens with zero attached hydrogens (tertiary/aromatic N) is 1. The van der Waals surface area contributed by atoms with Gasteiger partial charge in [0.1, 0.15) is 6.26 Å². The molecule has 3 nitrogen and oxygen atoms in total. The highest BCUT2D eigenvalue weighted by Crippen LogP contribution is 2.25. The third kappa shape index (κ3) is 2.55. The van der Waals surface area contributed by atoms with Gasteiger partial charge in [-0.25, -0.2) is 0 Å². The van der Waals surface area contributed by atoms with E-state index in [0.29, 0.717) is 0 Å². The number of aromatic nitrogens is 1. The van der Waals surface area contributed by atoms with E-state index in [2.05, 4.69) is 42.2 Å². The van der Waals surface area contributed by atoms with Gasteiger partial charge in [-0.05, 0) is 19.1 Å². The van der Waals surface area contributed by atoms with Gasteiger partial charge in [0.25, 0.3) is 0 Å². The second-order valence-corrected chi connectivity index (χ2v) is 5.01. The molecule has 1 aliphatic rings. The van der Waals surface area contributed by atoms with E-state index in [0.717, 1.165) is 24.2 Å². The quantitative estimate of drug-likeness (QED) is 0.862. The summed E-state index contributed by atoms with van der Waals surface area (Å²) in [5.41, 5.74) is 5.57. The Labute approximate surface area is 119 Å². The van der Waals surface area contributed by atoms with Gasteiger partial charge in [0.15, 0.2) is 13.5 Å². The SMILES string of the molecule is CBc1cc(C)cc(C2NC(c3ccccn3)=CO2)c1. The fourth-order valence-corrected chi connectivity index (χ4v) is 2.41. The standard InChI is InChI=1S/C16H17BN2O/c1-11-7-12(9-13(8-11)17-2)16-19-15(10-20-16)14-5-3-4-6-18-14/h3-10,16-17,19H,1-2H3. The van der Waals surface area contributed by atoms with E-state index in [1.165, 1.54) is 11.0 Å². The van der Waals surface area contributed by atoms with Crippen LogP contribution in [0, 0.1) is 6.92 Å². The summed E-state index contributed by atoms with van der Waals surface area (Å²) in [6.45, 7) is 4.28. The molecule has 0 bridgehead atoms. The van der Waals surface area contributed by atoms with Crippen LogP contribution < -0.4 is 10.8 Å². The number of benzene rings is 1. The molecule has 0 saturated heterocycles. The molecule has 0 aliphatic carbocycles. The number of rotatable bonds is 3. The fraction of sp³-hybridized carbons (Fsp3) is 0.188. The van der Waals surface area contributed by atoms with E-state index in [4.69, 9.17) is 4.74 Å². The summed E-state index contributed by atoms with van der Waals surface area (Å²) in [5.74, 6) is 0. The molecule has 100 valence electrons. The summed E-state index contributed by atoms with van der Waals surface area (Å²) >= 11 is 0. The molecule has 0 spiro atoms. The van der Waals surface area contributed by atoms with Crippen molar-refractivity contribution in [2.45, 2.75) is 20.0 Å². The van der Waals surface area contributed by atoms with E-state index in [1.54, 1.807) is 12.5 Å². The maximum Gasteiger partial charge on any atom is 0.195 e. The molecule has 1 unspecified atom stereocenters. The van der Waals surface area contributed by atoms with Gasteiger partial charge >= 0.3 is 0 Å². The van der Waals surface area contributed by atoms with E-state index < -0.39 is 0 Å². The minimum Gasteiger partial charge on any atom is -0.472 e. The highest BCUT2D eigenvalue weighted by atomic mass is 16.5. The highest BCUT2D eigenvalue weighted by Gasteiger charge is 2.21. The third-order valence-electron chi connectivity index (χ3n) is 3.42. The molecule has 1 aromatic heterocycles. The number of nitrogens with one attached hydrogen (secondary N) is 1. The molecular weight excluding hydrogens is 247 g/mol. The fourth-order valence-electron chi connectivity index (χ4n) is 2.41. The van der Waals surface area contributed by atoms with Crippen LogP contribution >= 0.6 is 0 Å². The van der Waals surface area contributed by atoms with Crippen molar-refractivity contribution in [3.05, 3.63) is 65.7 Å². The molecule has 0 saturated carbocycles. The van der Waals surface area contributed by atoms with Crippen molar-refractivity contribution >= 4 is 18.4 Å². The van der Waals surface area contributed by atoms with Gasteiger partial charge in [-0.1, -0.05) is 42.1 Å². The summed E-state index contributed by atoms with van der Waals surface area (Å²) in [5, 5.41) is 3.38. The number of pyridine rings is 1. The van der Waals surface area contributed by atoms with Crippen LogP contribution in [-0.4, -0.2) is 12.3 Å². The normalized spacial score (nSPS) is 17.1. The first-order valence-electron chi connectivity index (χ1n) is 6.90. The van der Waals surface area contributed by atoms with Crippen molar-refractivity contribution in [3.8, 4) is 0 Å². The van der Waals surface area contributed by atoms with Crippen LogP contribution in [0.2, 0.25) is 6.82 Å². The zero-order valence-electron chi connectivity index (χ0n) is 11.8. The Balaban J connectivity index is 1.81. The number of ether oxygens (including phenoxy) is 1. The highest BCUT2D eigenvalue weighted by molar-refractivity contribution is 6.51. The molecular formula is C16H17BN2O. The Morgan fingerprint density at radius 3 is 2.90 bits per heavy atom. The lowest BCUT2D eigenvalue weighted by Crippen LogP contribution is -2.19. The van der Waals surface area contributed by atoms with Crippen molar-refractivity contribution in [2.24, 2.45) is 0 Å². The van der Waals surface area contributed by atoms with E-state index >= 15 is 0 Å². The Morgan fingerprint density at radius 2 is 2.15 bits per heavy atom. The van der Waals surface area contributed by atoms with Crippen molar-refractivity contribution in [2.75, 3.05) is 0 Å². The second kappa shape index (κ2) is 5.41. The molecule has 20 heavy (non-hydrogen) atoms. The average Bonchev–Trinajstić information content (AvgIpc) is 2.97. The maximum absolute atomic E-state index is 5.75. The number of hydrogen-bond acceptors (Lipinski definition) is 3. The molecule has 1 aromatic carbocycles. The predicted molar refractivity (Wildman–Crippen MR) is 83.0 cm³/mol. The summed E-state index contributed by atoms with van der Waals surface area (Å²) in [6.07, 6.45) is 3.41. The van der Waals surface area contributed by atoms with Gasteiger partial charge in [-0.2, -0.15) is 0 Å². The molecule has 2 heterocycles. The van der Waals surface area contributed by atoms with Gasteiger partial charge in [-0.15, -0.1) is 0 Å². The molecule has 1 atom stereocenters. The van der Waals surface area contributed by atoms with Crippen molar-refractivity contribution in [3.63, 3.8) is 0 Å². The zero-order chi connectivity index (χ0) is 13.9. The summed E-state index contributed by atoms with van der Waals surface area (Å²) in [7, 11) is 1.03. The van der Waals surface area contributed by atoms with Crippen LogP contribution in [-0.2, 0) is 4.74 Å². The Bertz CT molecular complexity index is 640. The molecule has 1 aliphatic heterocycles. The second-order valence-electron chi connectivity index (χ2n) is 5.01. The van der Waals surface area contributed by atoms with Gasteiger partial charge in [0.05, 0.1) is 11.4 Å². The minimum atomic E-state index is -0.128. The Kier molecular flexibility index (Phi) is 3.46. The molecule has 4 heteroatoms. The number of aryl methyl sites for hydroxylation is 1. The molecule has 1 N–H and O–H groups in total. The largest absolute Gasteiger partial charge is 0.472 e. The minimum absolute atomic E-state index is 0.128. The average molecular weight is 264 g/mol. The number of hydrogen-bond donors (Lipinski definition) is 1. The third-order valence-corrected chi connectivity index (χ3v) is 3.42. The van der Waals surface area contributed by atoms with E-state index in [9.17, 15) is 0 Å². The van der Waals surface area contributed by atoms with Crippen molar-refractivity contribution in [1.82, 2.24) is 10.3 Å². The zero-order valence-corrected chi connectivity index (χ0v) is 11.8. The smallest absolute Gasteiger partial charge is 0.195 e. The molecule has 0 radical (unpaired) electrons. The van der Waals surface area contributed by atoms with Gasteiger partial charge < -0.3 is 10.1 Å². The first kappa shape index (κ1) is 12.8. The van der Waals surface area contributed by atoms with E-state index in [1.807, 2.05) is 18.2 Å². The molecule has 0 amide bonds. The Morgan fingerprint density at radius 1 is 1.25 bits per heavy atom. The first-order valence-corrected chi connectivity index (χ1v) is 6.90. The van der Waals surface area contributed by atoms with Gasteiger partial charge in [0, 0.05) is 11.8 Å². The van der Waals surface area contributed by atoms with Crippen molar-refractivity contribution in [1.29, 1.82) is 0 Å². The topological polar surface area (TPSA) is 34.2 Å². The molecule has 3 rings (SSSR count). The Hall–Kier alpha value is -2.23. The first-order chi connectivity index (χ1) is 9.76. The lowest BCUT2D eigenvalue weighted by atomic mass is 9.72. The van der Waals surface area contributed by atoms with E-state index in [-0.39, 0.29) is 6.23 Å². The summed E-state index contributed by atoms with van der Waals surface area (Å²) < 4.78 is 5.75. The molecule has 0 fully saturated rings. The summed E-state index contributed by atoms with van der Waals surface area (Å²) in [6, 6.07) is 12.4. The predicted octanol–water partition coefficient (Wildman–Crippen LogP) is 2.12. The van der Waals surface area contributed by atoms with Crippen LogP contribution in [0.4, 0.5) is 0 Å². The lowest BCUT2D eigenvalue weighted by Gasteiger charge is -2.15. The monoisotopic (exact) mass is 264 g/mol. The van der Waals surface area contributed by atoms with Crippen LogP contribution in [0.5, 0.6) is 0 Å². The molecule has 2 aromatic rings. The van der Waals surface area contributed by atoms with Crippen LogP contribution in [0.1, 0.15) is 23.0 Å². The van der Waals surface area contributed by atoms with Crippen LogP contribution in [0.25, 0.3) is 5.70 Å². The summed E-state index contributed by atoms with van der Waals surface area (Å²) in [4.78, 5) is 4.33. The van der Waals surface area contributed by atoms with Gasteiger partial charge in [-0.3, -0.25) is 4.98 Å². The van der Waals surface area contributed by atoms with Crippen molar-refractivity contribution < 1.29 is 4.74 Å². The maximum atomic E-state index is 5.75. The van der Waals surface area contributed by atoms with Crippen LogP contribution in [0.3, 0.4) is 0 Å². The van der Waals surface area contributed by atoms with Gasteiger partial charge in [0.2, 0.25) is 0 Å².